The van der Waals surface area contributed by atoms with Gasteiger partial charge in [-0.05, 0) is 26.3 Å². The maximum Gasteiger partial charge on any atom is 0.219 e. The zero-order valence-electron chi connectivity index (χ0n) is 13.7. The molecule has 0 saturated carbocycles. The molecule has 4 nitrogen and oxygen atoms in total. The summed E-state index contributed by atoms with van der Waals surface area (Å²) >= 11 is 0. The molecule has 2 aliphatic heterocycles. The molecule has 122 valence electrons. The molecule has 0 bridgehead atoms. The van der Waals surface area contributed by atoms with Gasteiger partial charge in [-0.3, -0.25) is 9.69 Å². The number of carbonyl (C=O) groups excluding carboxylic acids is 1. The standard InChI is InChI=1S/C15H29N3OS2/c1-12-9-16-14(15(3,4)21-20-11-12)10-17-5-7-18(8-6-17)13(2)19/h12,14,16H,5-11H2,1-4H3. The molecule has 21 heavy (non-hydrogen) atoms. The fraction of sp³-hybridized carbons (Fsp3) is 0.933. The molecule has 2 heterocycles. The maximum absolute atomic E-state index is 11.4. The third-order valence-electron chi connectivity index (χ3n) is 4.44. The monoisotopic (exact) mass is 331 g/mol. The Kier molecular flexibility index (Phi) is 6.29. The number of nitrogens with one attached hydrogen (secondary N) is 1. The van der Waals surface area contributed by atoms with Gasteiger partial charge in [-0.1, -0.05) is 28.5 Å². The second kappa shape index (κ2) is 7.57. The molecule has 2 saturated heterocycles. The Labute approximate surface area is 137 Å². The quantitative estimate of drug-likeness (QED) is 0.782. The minimum atomic E-state index is 0.208. The minimum absolute atomic E-state index is 0.208. The first kappa shape index (κ1) is 17.4. The maximum atomic E-state index is 11.4. The normalized spacial score (nSPS) is 31.5. The van der Waals surface area contributed by atoms with E-state index in [1.165, 1.54) is 5.75 Å². The van der Waals surface area contributed by atoms with Gasteiger partial charge in [0.05, 0.1) is 0 Å². The van der Waals surface area contributed by atoms with Gasteiger partial charge in [0.1, 0.15) is 0 Å². The molecule has 0 radical (unpaired) electrons. The summed E-state index contributed by atoms with van der Waals surface area (Å²) in [5, 5.41) is 3.79. The molecule has 6 heteroatoms. The van der Waals surface area contributed by atoms with Crippen molar-refractivity contribution >= 4 is 27.5 Å². The molecule has 2 fully saturated rings. The van der Waals surface area contributed by atoms with Crippen LogP contribution in [0.5, 0.6) is 0 Å². The Morgan fingerprint density at radius 1 is 1.29 bits per heavy atom. The molecule has 2 rings (SSSR count). The van der Waals surface area contributed by atoms with E-state index in [4.69, 9.17) is 0 Å². The number of hydrogen-bond acceptors (Lipinski definition) is 5. The predicted molar refractivity (Wildman–Crippen MR) is 93.8 cm³/mol. The molecule has 0 aromatic rings. The van der Waals surface area contributed by atoms with Gasteiger partial charge in [0.15, 0.2) is 0 Å². The molecule has 2 aliphatic rings. The second-order valence-electron chi connectivity index (χ2n) is 6.84. The fourth-order valence-electron chi connectivity index (χ4n) is 2.80. The van der Waals surface area contributed by atoms with E-state index >= 15 is 0 Å². The second-order valence-corrected chi connectivity index (χ2v) is 9.84. The summed E-state index contributed by atoms with van der Waals surface area (Å²) < 4.78 is 0.239. The van der Waals surface area contributed by atoms with Gasteiger partial charge < -0.3 is 10.2 Å². The van der Waals surface area contributed by atoms with Crippen LogP contribution in [-0.4, -0.2) is 71.5 Å². The Morgan fingerprint density at radius 2 is 1.95 bits per heavy atom. The molecule has 0 aromatic heterocycles. The van der Waals surface area contributed by atoms with E-state index in [1.54, 1.807) is 6.92 Å². The summed E-state index contributed by atoms with van der Waals surface area (Å²) in [6.45, 7) is 14.6. The van der Waals surface area contributed by atoms with Crippen molar-refractivity contribution < 1.29 is 4.79 Å². The lowest BCUT2D eigenvalue weighted by Gasteiger charge is -2.42. The summed E-state index contributed by atoms with van der Waals surface area (Å²) in [6.07, 6.45) is 0. The van der Waals surface area contributed by atoms with Gasteiger partial charge in [-0.2, -0.15) is 0 Å². The van der Waals surface area contributed by atoms with Crippen molar-refractivity contribution in [2.75, 3.05) is 45.0 Å². The van der Waals surface area contributed by atoms with Gasteiger partial charge in [0.2, 0.25) is 5.91 Å². The first-order valence-corrected chi connectivity index (χ1v) is 10.2. The Balaban J connectivity index is 1.89. The molecular formula is C15H29N3OS2. The SMILES string of the molecule is CC(=O)N1CCN(CC2NCC(C)CSSC2(C)C)CC1. The van der Waals surface area contributed by atoms with Crippen LogP contribution in [0.4, 0.5) is 0 Å². The van der Waals surface area contributed by atoms with Crippen LogP contribution < -0.4 is 5.32 Å². The van der Waals surface area contributed by atoms with Crippen molar-refractivity contribution in [2.24, 2.45) is 5.92 Å². The molecular weight excluding hydrogens is 302 g/mol. The summed E-state index contributed by atoms with van der Waals surface area (Å²) in [7, 11) is 4.04. The average molecular weight is 332 g/mol. The number of piperazine rings is 1. The topological polar surface area (TPSA) is 35.6 Å². The number of rotatable bonds is 2. The lowest BCUT2D eigenvalue weighted by Crippen LogP contribution is -2.57. The average Bonchev–Trinajstić information content (AvgIpc) is 2.42. The zero-order chi connectivity index (χ0) is 15.5. The van der Waals surface area contributed by atoms with Crippen molar-refractivity contribution in [2.45, 2.75) is 38.5 Å². The highest BCUT2D eigenvalue weighted by molar-refractivity contribution is 8.77. The fourth-order valence-corrected chi connectivity index (χ4v) is 5.95. The van der Waals surface area contributed by atoms with Crippen LogP contribution in [0.2, 0.25) is 0 Å². The van der Waals surface area contributed by atoms with E-state index in [0.29, 0.717) is 6.04 Å². The molecule has 1 amide bonds. The van der Waals surface area contributed by atoms with Gasteiger partial charge in [0.25, 0.3) is 0 Å². The van der Waals surface area contributed by atoms with Gasteiger partial charge in [-0.25, -0.2) is 0 Å². The third-order valence-corrected chi connectivity index (χ3v) is 8.02. The highest BCUT2D eigenvalue weighted by Crippen LogP contribution is 2.40. The van der Waals surface area contributed by atoms with Crippen molar-refractivity contribution in [3.63, 3.8) is 0 Å². The van der Waals surface area contributed by atoms with E-state index in [9.17, 15) is 4.79 Å². The van der Waals surface area contributed by atoms with Gasteiger partial charge in [0, 0.05) is 56.2 Å². The van der Waals surface area contributed by atoms with Crippen molar-refractivity contribution in [3.8, 4) is 0 Å². The van der Waals surface area contributed by atoms with Crippen molar-refractivity contribution in [1.82, 2.24) is 15.1 Å². The molecule has 0 spiro atoms. The lowest BCUT2D eigenvalue weighted by atomic mass is 10.0. The Bertz CT molecular complexity index is 357. The van der Waals surface area contributed by atoms with Crippen LogP contribution >= 0.6 is 21.6 Å². The third kappa shape index (κ3) is 5.05. The van der Waals surface area contributed by atoms with Crippen LogP contribution in [0.15, 0.2) is 0 Å². The summed E-state index contributed by atoms with van der Waals surface area (Å²) in [4.78, 5) is 15.9. The van der Waals surface area contributed by atoms with Crippen molar-refractivity contribution in [1.29, 1.82) is 0 Å². The summed E-state index contributed by atoms with van der Waals surface area (Å²) in [6, 6.07) is 0.502. The lowest BCUT2D eigenvalue weighted by molar-refractivity contribution is -0.130. The Morgan fingerprint density at radius 3 is 2.57 bits per heavy atom. The highest BCUT2D eigenvalue weighted by Gasteiger charge is 2.34. The van der Waals surface area contributed by atoms with Crippen LogP contribution in [0.25, 0.3) is 0 Å². The van der Waals surface area contributed by atoms with E-state index in [2.05, 4.69) is 31.0 Å². The predicted octanol–water partition coefficient (Wildman–Crippen LogP) is 1.92. The number of carbonyl (C=O) groups is 1. The first-order chi connectivity index (χ1) is 9.88. The van der Waals surface area contributed by atoms with Crippen molar-refractivity contribution in [3.05, 3.63) is 0 Å². The molecule has 1 N–H and O–H groups in total. The van der Waals surface area contributed by atoms with E-state index in [0.717, 1.165) is 45.2 Å². The van der Waals surface area contributed by atoms with E-state index in [-0.39, 0.29) is 10.7 Å². The molecule has 2 unspecified atom stereocenters. The minimum Gasteiger partial charge on any atom is -0.340 e. The van der Waals surface area contributed by atoms with Crippen LogP contribution in [-0.2, 0) is 4.79 Å². The smallest absolute Gasteiger partial charge is 0.219 e. The molecule has 0 aromatic carbocycles. The number of amides is 1. The first-order valence-electron chi connectivity index (χ1n) is 7.90. The summed E-state index contributed by atoms with van der Waals surface area (Å²) in [5.41, 5.74) is 0. The molecule has 2 atom stereocenters. The van der Waals surface area contributed by atoms with Crippen LogP contribution in [0.3, 0.4) is 0 Å². The largest absolute Gasteiger partial charge is 0.340 e. The number of hydrogen-bond donors (Lipinski definition) is 1. The highest BCUT2D eigenvalue weighted by atomic mass is 33.1. The van der Waals surface area contributed by atoms with Crippen LogP contribution in [0.1, 0.15) is 27.7 Å². The van der Waals surface area contributed by atoms with Gasteiger partial charge in [-0.15, -0.1) is 0 Å². The zero-order valence-corrected chi connectivity index (χ0v) is 15.4. The molecule has 0 aliphatic carbocycles. The Hall–Kier alpha value is 0.0900. The summed E-state index contributed by atoms with van der Waals surface area (Å²) in [5.74, 6) is 2.17. The van der Waals surface area contributed by atoms with E-state index < -0.39 is 0 Å². The van der Waals surface area contributed by atoms with E-state index in [1.807, 2.05) is 26.5 Å². The van der Waals surface area contributed by atoms with Gasteiger partial charge >= 0.3 is 0 Å². The van der Waals surface area contributed by atoms with Crippen LogP contribution in [0, 0.1) is 5.92 Å². The number of nitrogens with zero attached hydrogens (tertiary/aromatic N) is 2.